The summed E-state index contributed by atoms with van der Waals surface area (Å²) in [4.78, 5) is 0.249. The van der Waals surface area contributed by atoms with E-state index in [0.717, 1.165) is 18.4 Å². The summed E-state index contributed by atoms with van der Waals surface area (Å²) < 4.78 is 33.0. The van der Waals surface area contributed by atoms with Crippen LogP contribution in [0.4, 0.5) is 5.69 Å². The van der Waals surface area contributed by atoms with Gasteiger partial charge in [-0.05, 0) is 43.2 Å². The standard InChI is InChI=1S/C17H21NO3S/c1-3-7-14-10-12-15(13-11-14)22(19,20)18-16-8-5-6-9-17(16)21-4-2/h5-6,8-13,18H,3-4,7H2,1-2H3. The summed E-state index contributed by atoms with van der Waals surface area (Å²) in [6.45, 7) is 4.43. The van der Waals surface area contributed by atoms with Gasteiger partial charge in [0.2, 0.25) is 0 Å². The third-order valence-corrected chi connectivity index (χ3v) is 4.58. The normalized spacial score (nSPS) is 11.2. The van der Waals surface area contributed by atoms with Crippen molar-refractivity contribution in [3.63, 3.8) is 0 Å². The van der Waals surface area contributed by atoms with Crippen LogP contribution in [0.5, 0.6) is 5.75 Å². The third-order valence-electron chi connectivity index (χ3n) is 3.20. The van der Waals surface area contributed by atoms with Gasteiger partial charge in [0, 0.05) is 0 Å². The van der Waals surface area contributed by atoms with Crippen molar-refractivity contribution in [2.75, 3.05) is 11.3 Å². The Kier molecular flexibility index (Phi) is 5.44. The molecule has 0 aromatic heterocycles. The lowest BCUT2D eigenvalue weighted by Crippen LogP contribution is -2.14. The predicted octanol–water partition coefficient (Wildman–Crippen LogP) is 3.84. The molecule has 0 fully saturated rings. The monoisotopic (exact) mass is 319 g/mol. The molecule has 118 valence electrons. The highest BCUT2D eigenvalue weighted by atomic mass is 32.2. The Morgan fingerprint density at radius 3 is 2.32 bits per heavy atom. The molecule has 0 aliphatic heterocycles. The van der Waals surface area contributed by atoms with Gasteiger partial charge >= 0.3 is 0 Å². The van der Waals surface area contributed by atoms with Crippen molar-refractivity contribution in [1.29, 1.82) is 0 Å². The number of para-hydroxylation sites is 2. The molecule has 0 bridgehead atoms. The molecular weight excluding hydrogens is 298 g/mol. The van der Waals surface area contributed by atoms with Gasteiger partial charge in [-0.2, -0.15) is 0 Å². The molecule has 0 atom stereocenters. The minimum absolute atomic E-state index is 0.249. The van der Waals surface area contributed by atoms with Gasteiger partial charge in [0.05, 0.1) is 17.2 Å². The number of rotatable bonds is 7. The first-order chi connectivity index (χ1) is 10.6. The molecule has 0 heterocycles. The molecule has 1 N–H and O–H groups in total. The van der Waals surface area contributed by atoms with E-state index in [-0.39, 0.29) is 4.90 Å². The average Bonchev–Trinajstić information content (AvgIpc) is 2.50. The summed E-state index contributed by atoms with van der Waals surface area (Å²) in [6, 6.07) is 14.0. The highest BCUT2D eigenvalue weighted by molar-refractivity contribution is 7.92. The molecule has 0 aliphatic carbocycles. The molecular formula is C17H21NO3S. The van der Waals surface area contributed by atoms with Crippen LogP contribution in [0.3, 0.4) is 0 Å². The van der Waals surface area contributed by atoms with E-state index in [4.69, 9.17) is 4.74 Å². The fourth-order valence-corrected chi connectivity index (χ4v) is 3.23. The van der Waals surface area contributed by atoms with Crippen LogP contribution < -0.4 is 9.46 Å². The first kappa shape index (κ1) is 16.4. The number of anilines is 1. The number of hydrogen-bond acceptors (Lipinski definition) is 3. The molecule has 0 spiro atoms. The van der Waals surface area contributed by atoms with Crippen LogP contribution in [0.1, 0.15) is 25.8 Å². The van der Waals surface area contributed by atoms with Crippen LogP contribution in [0.15, 0.2) is 53.4 Å². The Hall–Kier alpha value is -2.01. The lowest BCUT2D eigenvalue weighted by Gasteiger charge is -2.13. The smallest absolute Gasteiger partial charge is 0.262 e. The van der Waals surface area contributed by atoms with Gasteiger partial charge in [0.25, 0.3) is 10.0 Å². The topological polar surface area (TPSA) is 55.4 Å². The summed E-state index contributed by atoms with van der Waals surface area (Å²) >= 11 is 0. The highest BCUT2D eigenvalue weighted by Gasteiger charge is 2.16. The Labute approximate surface area is 132 Å². The van der Waals surface area contributed by atoms with Gasteiger partial charge in [-0.15, -0.1) is 0 Å². The van der Waals surface area contributed by atoms with Gasteiger partial charge in [-0.1, -0.05) is 37.6 Å². The maximum absolute atomic E-state index is 12.5. The number of ether oxygens (including phenoxy) is 1. The average molecular weight is 319 g/mol. The van der Waals surface area contributed by atoms with Gasteiger partial charge in [0.15, 0.2) is 0 Å². The lowest BCUT2D eigenvalue weighted by molar-refractivity contribution is 0.342. The summed E-state index contributed by atoms with van der Waals surface area (Å²) in [6.07, 6.45) is 1.98. The van der Waals surface area contributed by atoms with E-state index in [1.807, 2.05) is 25.1 Å². The number of aryl methyl sites for hydroxylation is 1. The van der Waals surface area contributed by atoms with Crippen LogP contribution in [-0.4, -0.2) is 15.0 Å². The summed E-state index contributed by atoms with van der Waals surface area (Å²) in [5, 5.41) is 0. The number of benzene rings is 2. The molecule has 0 radical (unpaired) electrons. The Morgan fingerprint density at radius 2 is 1.68 bits per heavy atom. The predicted molar refractivity (Wildman–Crippen MR) is 88.9 cm³/mol. The van der Waals surface area contributed by atoms with Crippen molar-refractivity contribution >= 4 is 15.7 Å². The maximum atomic E-state index is 12.5. The van der Waals surface area contributed by atoms with Gasteiger partial charge in [-0.25, -0.2) is 8.42 Å². The first-order valence-corrected chi connectivity index (χ1v) is 8.88. The molecule has 0 aliphatic rings. The van der Waals surface area contributed by atoms with Crippen molar-refractivity contribution in [2.24, 2.45) is 0 Å². The molecule has 2 aromatic rings. The largest absolute Gasteiger partial charge is 0.492 e. The van der Waals surface area contributed by atoms with E-state index in [1.165, 1.54) is 0 Å². The van der Waals surface area contributed by atoms with E-state index in [9.17, 15) is 8.42 Å². The number of hydrogen-bond donors (Lipinski definition) is 1. The Bertz CT molecular complexity index is 709. The van der Waals surface area contributed by atoms with Crippen LogP contribution in [0, 0.1) is 0 Å². The quantitative estimate of drug-likeness (QED) is 0.843. The minimum atomic E-state index is -3.62. The van der Waals surface area contributed by atoms with Crippen molar-refractivity contribution in [3.05, 3.63) is 54.1 Å². The van der Waals surface area contributed by atoms with Crippen molar-refractivity contribution < 1.29 is 13.2 Å². The molecule has 2 aromatic carbocycles. The van der Waals surface area contributed by atoms with E-state index < -0.39 is 10.0 Å². The Morgan fingerprint density at radius 1 is 1.00 bits per heavy atom. The Balaban J connectivity index is 2.24. The minimum Gasteiger partial charge on any atom is -0.492 e. The van der Waals surface area contributed by atoms with Crippen LogP contribution in [0.25, 0.3) is 0 Å². The molecule has 0 amide bonds. The lowest BCUT2D eigenvalue weighted by atomic mass is 10.1. The zero-order valence-corrected chi connectivity index (χ0v) is 13.7. The van der Waals surface area contributed by atoms with Gasteiger partial charge in [-0.3, -0.25) is 4.72 Å². The second kappa shape index (κ2) is 7.31. The molecule has 22 heavy (non-hydrogen) atoms. The first-order valence-electron chi connectivity index (χ1n) is 7.40. The zero-order valence-electron chi connectivity index (χ0n) is 12.9. The van der Waals surface area contributed by atoms with Crippen LogP contribution in [-0.2, 0) is 16.4 Å². The molecule has 5 heteroatoms. The summed E-state index contributed by atoms with van der Waals surface area (Å²) in [7, 11) is -3.62. The second-order valence-electron chi connectivity index (χ2n) is 4.93. The maximum Gasteiger partial charge on any atom is 0.262 e. The highest BCUT2D eigenvalue weighted by Crippen LogP contribution is 2.26. The van der Waals surface area contributed by atoms with Gasteiger partial charge in [0.1, 0.15) is 5.75 Å². The number of nitrogens with one attached hydrogen (secondary N) is 1. The SMILES string of the molecule is CCCc1ccc(S(=O)(=O)Nc2ccccc2OCC)cc1. The van der Waals surface area contributed by atoms with Crippen molar-refractivity contribution in [3.8, 4) is 5.75 Å². The van der Waals surface area contributed by atoms with Gasteiger partial charge < -0.3 is 4.74 Å². The summed E-state index contributed by atoms with van der Waals surface area (Å²) in [5.74, 6) is 0.524. The zero-order chi connectivity index (χ0) is 16.0. The molecule has 2 rings (SSSR count). The second-order valence-corrected chi connectivity index (χ2v) is 6.61. The van der Waals surface area contributed by atoms with E-state index >= 15 is 0 Å². The van der Waals surface area contributed by atoms with E-state index in [2.05, 4.69) is 11.6 Å². The van der Waals surface area contributed by atoms with Crippen LogP contribution >= 0.6 is 0 Å². The van der Waals surface area contributed by atoms with Crippen molar-refractivity contribution in [2.45, 2.75) is 31.6 Å². The van der Waals surface area contributed by atoms with Crippen LogP contribution in [0.2, 0.25) is 0 Å². The molecule has 0 saturated carbocycles. The summed E-state index contributed by atoms with van der Waals surface area (Å²) in [5.41, 5.74) is 1.58. The van der Waals surface area contributed by atoms with E-state index in [1.54, 1.807) is 30.3 Å². The molecule has 4 nitrogen and oxygen atoms in total. The molecule has 0 saturated heterocycles. The molecule has 0 unspecified atom stereocenters. The fourth-order valence-electron chi connectivity index (χ4n) is 2.16. The fraction of sp³-hybridized carbons (Fsp3) is 0.294. The third kappa shape index (κ3) is 4.01. The van der Waals surface area contributed by atoms with Crippen molar-refractivity contribution in [1.82, 2.24) is 0 Å². The number of sulfonamides is 1. The van der Waals surface area contributed by atoms with E-state index in [0.29, 0.717) is 18.0 Å².